The first-order chi connectivity index (χ1) is 13.7. The minimum Gasteiger partial charge on any atom is -0.357 e. The van der Waals surface area contributed by atoms with E-state index in [1.807, 2.05) is 24.3 Å². The molecule has 0 saturated heterocycles. The van der Waals surface area contributed by atoms with E-state index in [4.69, 9.17) is 4.99 Å². The Bertz CT molecular complexity index is 812. The van der Waals surface area contributed by atoms with Crippen LogP contribution in [0.5, 0.6) is 0 Å². The van der Waals surface area contributed by atoms with Gasteiger partial charge in [0, 0.05) is 31.1 Å². The zero-order valence-corrected chi connectivity index (χ0v) is 16.8. The van der Waals surface area contributed by atoms with Crippen molar-refractivity contribution in [1.29, 1.82) is 0 Å². The fourth-order valence-corrected chi connectivity index (χ4v) is 3.39. The topological polar surface area (TPSA) is 65.5 Å². The van der Waals surface area contributed by atoms with E-state index in [-0.39, 0.29) is 11.3 Å². The summed E-state index contributed by atoms with van der Waals surface area (Å²) >= 11 is 0. The van der Waals surface area contributed by atoms with Gasteiger partial charge in [0.15, 0.2) is 5.96 Å². The second kappa shape index (κ2) is 9.40. The number of nitrogens with one attached hydrogen (secondary N) is 3. The van der Waals surface area contributed by atoms with Gasteiger partial charge in [-0.05, 0) is 49.4 Å². The Morgan fingerprint density at radius 2 is 1.86 bits per heavy atom. The van der Waals surface area contributed by atoms with E-state index < -0.39 is 0 Å². The molecule has 1 aliphatic rings. The van der Waals surface area contributed by atoms with Crippen LogP contribution in [0.25, 0.3) is 0 Å². The average Bonchev–Trinajstić information content (AvgIpc) is 3.53. The van der Waals surface area contributed by atoms with E-state index in [0.29, 0.717) is 5.56 Å². The minimum atomic E-state index is -0.0552. The summed E-state index contributed by atoms with van der Waals surface area (Å²) in [5.41, 5.74) is 3.43. The van der Waals surface area contributed by atoms with E-state index in [0.717, 1.165) is 37.6 Å². The predicted octanol–water partition coefficient (Wildman–Crippen LogP) is 2.88. The molecule has 2 aromatic carbocycles. The molecular weight excluding hydrogens is 348 g/mol. The SMILES string of the molecule is CCNC(=NCC1(c2ccccc2)CC1)NCCc1cccc(C(=O)NC)c1. The monoisotopic (exact) mass is 378 g/mol. The molecule has 148 valence electrons. The van der Waals surface area contributed by atoms with Gasteiger partial charge in [-0.25, -0.2) is 0 Å². The van der Waals surface area contributed by atoms with Gasteiger partial charge in [0.1, 0.15) is 0 Å². The van der Waals surface area contributed by atoms with Crippen LogP contribution in [0.3, 0.4) is 0 Å². The Kier molecular flexibility index (Phi) is 6.69. The third kappa shape index (κ3) is 5.12. The smallest absolute Gasteiger partial charge is 0.251 e. The Labute approximate surface area is 167 Å². The minimum absolute atomic E-state index is 0.0552. The second-order valence-corrected chi connectivity index (χ2v) is 7.30. The molecule has 2 aromatic rings. The zero-order valence-electron chi connectivity index (χ0n) is 16.8. The summed E-state index contributed by atoms with van der Waals surface area (Å²) in [5.74, 6) is 0.799. The van der Waals surface area contributed by atoms with Crippen molar-refractivity contribution in [2.75, 3.05) is 26.7 Å². The lowest BCUT2D eigenvalue weighted by Crippen LogP contribution is -2.39. The summed E-state index contributed by atoms with van der Waals surface area (Å²) in [6, 6.07) is 18.4. The molecule has 0 atom stereocenters. The third-order valence-electron chi connectivity index (χ3n) is 5.25. The zero-order chi connectivity index (χ0) is 19.8. The maximum Gasteiger partial charge on any atom is 0.251 e. The summed E-state index contributed by atoms with van der Waals surface area (Å²) in [7, 11) is 1.65. The van der Waals surface area contributed by atoms with Crippen molar-refractivity contribution >= 4 is 11.9 Å². The van der Waals surface area contributed by atoms with Crippen molar-refractivity contribution < 1.29 is 4.79 Å². The molecule has 0 aliphatic heterocycles. The number of benzene rings is 2. The van der Waals surface area contributed by atoms with Crippen molar-refractivity contribution in [3.05, 3.63) is 71.3 Å². The van der Waals surface area contributed by atoms with Crippen LogP contribution in [0.1, 0.15) is 41.3 Å². The standard InChI is InChI=1S/C23H30N4O/c1-3-25-22(27-17-23(13-14-23)20-10-5-4-6-11-20)26-15-12-18-8-7-9-19(16-18)21(28)24-2/h4-11,16H,3,12-15,17H2,1-2H3,(H,24,28)(H2,25,26,27). The molecule has 0 radical (unpaired) electrons. The number of guanidine groups is 1. The Hall–Kier alpha value is -2.82. The average molecular weight is 379 g/mol. The van der Waals surface area contributed by atoms with Gasteiger partial charge in [-0.1, -0.05) is 42.5 Å². The number of nitrogens with zero attached hydrogens (tertiary/aromatic N) is 1. The second-order valence-electron chi connectivity index (χ2n) is 7.30. The van der Waals surface area contributed by atoms with Crippen molar-refractivity contribution in [1.82, 2.24) is 16.0 Å². The molecule has 1 aliphatic carbocycles. The largest absolute Gasteiger partial charge is 0.357 e. The number of rotatable bonds is 8. The molecule has 5 heteroatoms. The highest BCUT2D eigenvalue weighted by molar-refractivity contribution is 5.94. The van der Waals surface area contributed by atoms with Crippen molar-refractivity contribution in [3.8, 4) is 0 Å². The molecule has 28 heavy (non-hydrogen) atoms. The number of amides is 1. The molecule has 1 saturated carbocycles. The van der Waals surface area contributed by atoms with Gasteiger partial charge in [-0.2, -0.15) is 0 Å². The van der Waals surface area contributed by atoms with Crippen LogP contribution < -0.4 is 16.0 Å². The van der Waals surface area contributed by atoms with Crippen LogP contribution in [0, 0.1) is 0 Å². The lowest BCUT2D eigenvalue weighted by atomic mass is 9.96. The predicted molar refractivity (Wildman–Crippen MR) is 115 cm³/mol. The lowest BCUT2D eigenvalue weighted by Gasteiger charge is -2.16. The highest BCUT2D eigenvalue weighted by atomic mass is 16.1. The maximum absolute atomic E-state index is 11.8. The van der Waals surface area contributed by atoms with Gasteiger partial charge in [0.25, 0.3) is 5.91 Å². The van der Waals surface area contributed by atoms with E-state index >= 15 is 0 Å². The van der Waals surface area contributed by atoms with Gasteiger partial charge in [0.05, 0.1) is 6.54 Å². The molecule has 3 N–H and O–H groups in total. The van der Waals surface area contributed by atoms with Crippen LogP contribution in [0.4, 0.5) is 0 Å². The summed E-state index contributed by atoms with van der Waals surface area (Å²) in [5, 5.41) is 9.42. The first-order valence-corrected chi connectivity index (χ1v) is 10.1. The first-order valence-electron chi connectivity index (χ1n) is 10.1. The summed E-state index contributed by atoms with van der Waals surface area (Å²) in [4.78, 5) is 16.6. The van der Waals surface area contributed by atoms with Crippen LogP contribution in [-0.4, -0.2) is 38.5 Å². The van der Waals surface area contributed by atoms with Crippen LogP contribution in [0.15, 0.2) is 59.6 Å². The van der Waals surface area contributed by atoms with E-state index in [9.17, 15) is 4.79 Å². The molecule has 3 rings (SSSR count). The fourth-order valence-electron chi connectivity index (χ4n) is 3.39. The lowest BCUT2D eigenvalue weighted by molar-refractivity contribution is 0.0963. The van der Waals surface area contributed by atoms with Gasteiger partial charge in [-0.3, -0.25) is 9.79 Å². The van der Waals surface area contributed by atoms with Crippen LogP contribution >= 0.6 is 0 Å². The normalized spacial score (nSPS) is 15.0. The summed E-state index contributed by atoms with van der Waals surface area (Å²) < 4.78 is 0. The summed E-state index contributed by atoms with van der Waals surface area (Å²) in [6.45, 7) is 4.48. The van der Waals surface area contributed by atoms with Gasteiger partial charge < -0.3 is 16.0 Å². The maximum atomic E-state index is 11.8. The van der Waals surface area contributed by atoms with Gasteiger partial charge in [0.2, 0.25) is 0 Å². The van der Waals surface area contributed by atoms with E-state index in [1.165, 1.54) is 18.4 Å². The molecule has 0 spiro atoms. The highest BCUT2D eigenvalue weighted by Gasteiger charge is 2.43. The van der Waals surface area contributed by atoms with E-state index in [2.05, 4.69) is 53.2 Å². The molecule has 0 heterocycles. The van der Waals surface area contributed by atoms with Crippen molar-refractivity contribution in [2.45, 2.75) is 31.6 Å². The van der Waals surface area contributed by atoms with Gasteiger partial charge in [-0.15, -0.1) is 0 Å². The molecule has 1 fully saturated rings. The van der Waals surface area contributed by atoms with Gasteiger partial charge >= 0.3 is 0 Å². The Morgan fingerprint density at radius 1 is 1.07 bits per heavy atom. The molecular formula is C23H30N4O. The molecule has 1 amide bonds. The molecule has 0 bridgehead atoms. The Balaban J connectivity index is 1.56. The molecule has 0 unspecified atom stereocenters. The fraction of sp³-hybridized carbons (Fsp3) is 0.391. The third-order valence-corrected chi connectivity index (χ3v) is 5.25. The number of hydrogen-bond acceptors (Lipinski definition) is 2. The molecule has 5 nitrogen and oxygen atoms in total. The number of carbonyl (C=O) groups excluding carboxylic acids is 1. The first kappa shape index (κ1) is 19.9. The van der Waals surface area contributed by atoms with Crippen molar-refractivity contribution in [2.24, 2.45) is 4.99 Å². The Morgan fingerprint density at radius 3 is 2.54 bits per heavy atom. The van der Waals surface area contributed by atoms with Crippen LogP contribution in [-0.2, 0) is 11.8 Å². The van der Waals surface area contributed by atoms with Crippen LogP contribution in [0.2, 0.25) is 0 Å². The number of carbonyl (C=O) groups is 1. The quantitative estimate of drug-likeness (QED) is 0.489. The number of hydrogen-bond donors (Lipinski definition) is 3. The highest BCUT2D eigenvalue weighted by Crippen LogP contribution is 2.48. The van der Waals surface area contributed by atoms with Crippen molar-refractivity contribution in [3.63, 3.8) is 0 Å². The number of aliphatic imine (C=N–C) groups is 1. The summed E-state index contributed by atoms with van der Waals surface area (Å²) in [6.07, 6.45) is 3.23. The molecule has 0 aromatic heterocycles. The van der Waals surface area contributed by atoms with E-state index in [1.54, 1.807) is 7.05 Å².